The third kappa shape index (κ3) is 1.56. The molecule has 0 aromatic heterocycles. The molecule has 0 amide bonds. The van der Waals surface area contributed by atoms with Gasteiger partial charge < -0.3 is 9.84 Å². The molecule has 4 aliphatic rings. The maximum absolute atomic E-state index is 12.9. The van der Waals surface area contributed by atoms with Crippen LogP contribution in [0.3, 0.4) is 0 Å². The molecule has 2 heterocycles. The van der Waals surface area contributed by atoms with Crippen molar-refractivity contribution in [3.05, 3.63) is 35.9 Å². The van der Waals surface area contributed by atoms with Gasteiger partial charge in [-0.05, 0) is 43.6 Å². The highest BCUT2D eigenvalue weighted by atomic mass is 16.6. The molecule has 1 aromatic carbocycles. The second kappa shape index (κ2) is 4.33. The monoisotopic (exact) mass is 286 g/mol. The summed E-state index contributed by atoms with van der Waals surface area (Å²) in [4.78, 5) is 12.9. The second-order valence-electron chi connectivity index (χ2n) is 7.09. The Labute approximate surface area is 125 Å². The summed E-state index contributed by atoms with van der Waals surface area (Å²) >= 11 is 0. The fourth-order valence-electron chi connectivity index (χ4n) is 5.19. The highest BCUT2D eigenvalue weighted by Crippen LogP contribution is 2.58. The standard InChI is InChI=1S/C18H22O3/c1-12-14-8-5-9-17(14)10-11-18(15(12)19,16(20)21-17)13-6-3-2-4-7-13/h2-4,6-7,12,14-15,19H,5,8-11H2,1H3/t12-,14-,15-,17+,18+/m1/s1. The summed E-state index contributed by atoms with van der Waals surface area (Å²) in [6.45, 7) is 2.10. The molecule has 1 aromatic rings. The van der Waals surface area contributed by atoms with Crippen LogP contribution < -0.4 is 0 Å². The van der Waals surface area contributed by atoms with Crippen LogP contribution in [0.2, 0.25) is 0 Å². The van der Waals surface area contributed by atoms with Crippen LogP contribution in [0.4, 0.5) is 0 Å². The van der Waals surface area contributed by atoms with E-state index in [1.807, 2.05) is 30.3 Å². The second-order valence-corrected chi connectivity index (χ2v) is 7.09. The van der Waals surface area contributed by atoms with E-state index in [2.05, 4.69) is 6.92 Å². The first kappa shape index (κ1) is 13.3. The molecule has 5 rings (SSSR count). The van der Waals surface area contributed by atoms with Crippen molar-refractivity contribution in [3.63, 3.8) is 0 Å². The summed E-state index contributed by atoms with van der Waals surface area (Å²) in [7, 11) is 0. The zero-order valence-corrected chi connectivity index (χ0v) is 12.4. The van der Waals surface area contributed by atoms with Gasteiger partial charge in [-0.3, -0.25) is 4.79 Å². The summed E-state index contributed by atoms with van der Waals surface area (Å²) in [6, 6.07) is 9.72. The Morgan fingerprint density at radius 3 is 2.67 bits per heavy atom. The van der Waals surface area contributed by atoms with E-state index in [0.29, 0.717) is 12.3 Å². The third-order valence-electron chi connectivity index (χ3n) is 6.32. The van der Waals surface area contributed by atoms with Gasteiger partial charge in [-0.25, -0.2) is 0 Å². The number of aliphatic hydroxyl groups excluding tert-OH is 1. The zero-order valence-electron chi connectivity index (χ0n) is 12.4. The molecule has 3 nitrogen and oxygen atoms in total. The van der Waals surface area contributed by atoms with E-state index < -0.39 is 11.5 Å². The van der Waals surface area contributed by atoms with Crippen molar-refractivity contribution in [2.45, 2.75) is 56.1 Å². The normalized spacial score (nSPS) is 45.0. The number of aliphatic hydroxyl groups is 1. The van der Waals surface area contributed by atoms with Gasteiger partial charge in [-0.2, -0.15) is 0 Å². The third-order valence-corrected chi connectivity index (χ3v) is 6.32. The number of hydrogen-bond donors (Lipinski definition) is 1. The highest BCUT2D eigenvalue weighted by Gasteiger charge is 2.65. The number of ether oxygens (including phenoxy) is 1. The van der Waals surface area contributed by atoms with E-state index in [-0.39, 0.29) is 17.5 Å². The van der Waals surface area contributed by atoms with Gasteiger partial charge in [0.25, 0.3) is 0 Å². The first-order chi connectivity index (χ1) is 10.1. The summed E-state index contributed by atoms with van der Waals surface area (Å²) in [5.74, 6) is 0.204. The Balaban J connectivity index is 1.88. The number of esters is 1. The lowest BCUT2D eigenvalue weighted by Gasteiger charge is -2.42. The SMILES string of the molecule is C[C@@H]1[C@H]2CCC[C@]23CC[C@@](c2ccccc2)(C(=O)O3)[C@@H]1O. The lowest BCUT2D eigenvalue weighted by Crippen LogP contribution is -2.52. The van der Waals surface area contributed by atoms with Gasteiger partial charge in [0.1, 0.15) is 11.0 Å². The number of hydrogen-bond acceptors (Lipinski definition) is 3. The Morgan fingerprint density at radius 1 is 1.19 bits per heavy atom. The molecular weight excluding hydrogens is 264 g/mol. The lowest BCUT2D eigenvalue weighted by molar-refractivity contribution is -0.180. The summed E-state index contributed by atoms with van der Waals surface area (Å²) in [6.07, 6.45) is 4.08. The number of carbonyl (C=O) groups excluding carboxylic acids is 1. The molecule has 2 aliphatic heterocycles. The largest absolute Gasteiger partial charge is 0.458 e. The molecule has 21 heavy (non-hydrogen) atoms. The van der Waals surface area contributed by atoms with Crippen molar-refractivity contribution in [2.24, 2.45) is 11.8 Å². The molecule has 2 aliphatic carbocycles. The molecule has 2 saturated carbocycles. The van der Waals surface area contributed by atoms with Gasteiger partial charge in [0.2, 0.25) is 0 Å². The van der Waals surface area contributed by atoms with E-state index >= 15 is 0 Å². The molecule has 0 unspecified atom stereocenters. The lowest BCUT2D eigenvalue weighted by atomic mass is 9.69. The van der Waals surface area contributed by atoms with Crippen LogP contribution in [0.5, 0.6) is 0 Å². The minimum absolute atomic E-state index is 0.0988. The smallest absolute Gasteiger partial charge is 0.319 e. The van der Waals surface area contributed by atoms with Crippen LogP contribution in [-0.4, -0.2) is 22.8 Å². The molecular formula is C18H22O3. The average molecular weight is 286 g/mol. The Hall–Kier alpha value is -1.35. The van der Waals surface area contributed by atoms with Crippen molar-refractivity contribution in [1.82, 2.24) is 0 Å². The van der Waals surface area contributed by atoms with Crippen LogP contribution >= 0.6 is 0 Å². The van der Waals surface area contributed by atoms with Gasteiger partial charge in [0.15, 0.2) is 0 Å². The highest BCUT2D eigenvalue weighted by molar-refractivity contribution is 5.86. The molecule has 4 fully saturated rings. The fraction of sp³-hybridized carbons (Fsp3) is 0.611. The topological polar surface area (TPSA) is 46.5 Å². The number of fused-ring (bicyclic) bond motifs is 3. The van der Waals surface area contributed by atoms with Crippen LogP contribution in [0.25, 0.3) is 0 Å². The van der Waals surface area contributed by atoms with Crippen molar-refractivity contribution in [2.75, 3.05) is 0 Å². The van der Waals surface area contributed by atoms with Gasteiger partial charge in [-0.15, -0.1) is 0 Å². The van der Waals surface area contributed by atoms with Crippen molar-refractivity contribution < 1.29 is 14.6 Å². The maximum Gasteiger partial charge on any atom is 0.319 e. The predicted octanol–water partition coefficient (Wildman–Crippen LogP) is 2.81. The number of carbonyl (C=O) groups is 1. The molecule has 3 heteroatoms. The minimum atomic E-state index is -0.865. The molecule has 2 saturated heterocycles. The van der Waals surface area contributed by atoms with Gasteiger partial charge in [0, 0.05) is 5.92 Å². The summed E-state index contributed by atoms with van der Waals surface area (Å²) in [5.41, 5.74) is -0.258. The molecule has 2 bridgehead atoms. The Bertz CT molecular complexity index is 569. The van der Waals surface area contributed by atoms with E-state index in [1.54, 1.807) is 0 Å². The number of benzene rings is 1. The van der Waals surface area contributed by atoms with Crippen molar-refractivity contribution in [1.29, 1.82) is 0 Å². The molecule has 0 radical (unpaired) electrons. The summed E-state index contributed by atoms with van der Waals surface area (Å²) in [5, 5.41) is 11.1. The zero-order chi connectivity index (χ0) is 14.7. The quantitative estimate of drug-likeness (QED) is 0.808. The number of rotatable bonds is 1. The van der Waals surface area contributed by atoms with Crippen LogP contribution in [0.1, 0.15) is 44.6 Å². The maximum atomic E-state index is 12.9. The predicted molar refractivity (Wildman–Crippen MR) is 78.7 cm³/mol. The van der Waals surface area contributed by atoms with Crippen molar-refractivity contribution >= 4 is 5.97 Å². The molecule has 1 N–H and O–H groups in total. The van der Waals surface area contributed by atoms with Gasteiger partial charge >= 0.3 is 5.97 Å². The minimum Gasteiger partial charge on any atom is -0.458 e. The summed E-state index contributed by atoms with van der Waals surface area (Å²) < 4.78 is 6.02. The average Bonchev–Trinajstić information content (AvgIpc) is 2.85. The van der Waals surface area contributed by atoms with Crippen LogP contribution in [0.15, 0.2) is 30.3 Å². The van der Waals surface area contributed by atoms with E-state index in [1.165, 1.54) is 0 Å². The van der Waals surface area contributed by atoms with Crippen molar-refractivity contribution in [3.8, 4) is 0 Å². The Morgan fingerprint density at radius 2 is 1.95 bits per heavy atom. The fourth-order valence-corrected chi connectivity index (χ4v) is 5.19. The molecule has 1 spiro atoms. The van der Waals surface area contributed by atoms with Crippen LogP contribution in [-0.2, 0) is 14.9 Å². The first-order valence-corrected chi connectivity index (χ1v) is 8.07. The van der Waals surface area contributed by atoms with Gasteiger partial charge in [-0.1, -0.05) is 37.3 Å². The van der Waals surface area contributed by atoms with Crippen LogP contribution in [0, 0.1) is 11.8 Å². The molecule has 5 atom stereocenters. The van der Waals surface area contributed by atoms with E-state index in [0.717, 1.165) is 31.2 Å². The molecule has 112 valence electrons. The van der Waals surface area contributed by atoms with Gasteiger partial charge in [0.05, 0.1) is 6.10 Å². The van der Waals surface area contributed by atoms with E-state index in [9.17, 15) is 9.90 Å². The Kier molecular flexibility index (Phi) is 2.74. The van der Waals surface area contributed by atoms with E-state index in [4.69, 9.17) is 4.74 Å². The first-order valence-electron chi connectivity index (χ1n) is 8.07.